The van der Waals surface area contributed by atoms with Crippen LogP contribution in [-0.4, -0.2) is 38.6 Å². The number of aryl methyl sites for hydroxylation is 3. The molecule has 1 aromatic carbocycles. The molecule has 0 saturated carbocycles. The van der Waals surface area contributed by atoms with E-state index in [9.17, 15) is 4.79 Å². The average Bonchev–Trinajstić information content (AvgIpc) is 2.96. The van der Waals surface area contributed by atoms with Gasteiger partial charge in [0.2, 0.25) is 5.82 Å². The molecule has 1 amide bonds. The molecular formula is C17H19N5O2. The molecule has 0 aliphatic heterocycles. The highest BCUT2D eigenvalue weighted by Gasteiger charge is 2.14. The highest BCUT2D eigenvalue weighted by Crippen LogP contribution is 2.11. The van der Waals surface area contributed by atoms with E-state index in [1.165, 1.54) is 0 Å². The molecule has 0 fully saturated rings. The van der Waals surface area contributed by atoms with Gasteiger partial charge >= 0.3 is 0 Å². The van der Waals surface area contributed by atoms with Gasteiger partial charge in [-0.15, -0.1) is 5.10 Å². The average molecular weight is 325 g/mol. The molecule has 0 aliphatic rings. The van der Waals surface area contributed by atoms with E-state index < -0.39 is 0 Å². The number of hydrogen-bond acceptors (Lipinski definition) is 5. The maximum Gasteiger partial charge on any atom is 0.291 e. The summed E-state index contributed by atoms with van der Waals surface area (Å²) in [4.78, 5) is 20.6. The maximum atomic E-state index is 12.1. The summed E-state index contributed by atoms with van der Waals surface area (Å²) in [6, 6.07) is 9.65. The zero-order valence-corrected chi connectivity index (χ0v) is 13.9. The van der Waals surface area contributed by atoms with Crippen molar-refractivity contribution >= 4 is 11.7 Å². The second kappa shape index (κ2) is 6.66. The molecule has 2 aromatic heterocycles. The van der Waals surface area contributed by atoms with Crippen LogP contribution in [0.4, 0.5) is 0 Å². The van der Waals surface area contributed by atoms with Crippen molar-refractivity contribution in [2.45, 2.75) is 20.8 Å². The van der Waals surface area contributed by atoms with Crippen molar-refractivity contribution in [3.8, 4) is 5.75 Å². The number of benzene rings is 1. The Morgan fingerprint density at radius 1 is 1.21 bits per heavy atom. The summed E-state index contributed by atoms with van der Waals surface area (Å²) in [6.45, 7) is 6.52. The summed E-state index contributed by atoms with van der Waals surface area (Å²) in [5.41, 5.74) is 2.85. The van der Waals surface area contributed by atoms with Crippen molar-refractivity contribution in [2.24, 2.45) is 0 Å². The van der Waals surface area contributed by atoms with Crippen LogP contribution in [0.1, 0.15) is 27.6 Å². The minimum Gasteiger partial charge on any atom is -0.492 e. The van der Waals surface area contributed by atoms with Gasteiger partial charge in [0.15, 0.2) is 0 Å². The number of rotatable bonds is 5. The van der Waals surface area contributed by atoms with E-state index in [0.717, 1.165) is 22.7 Å². The van der Waals surface area contributed by atoms with Crippen LogP contribution >= 0.6 is 0 Å². The van der Waals surface area contributed by atoms with Crippen LogP contribution in [0.15, 0.2) is 30.3 Å². The highest BCUT2D eigenvalue weighted by atomic mass is 16.5. The third-order valence-electron chi connectivity index (χ3n) is 3.47. The summed E-state index contributed by atoms with van der Waals surface area (Å²) >= 11 is 0. The Bertz CT molecular complexity index is 888. The third kappa shape index (κ3) is 3.51. The number of nitrogens with one attached hydrogen (secondary N) is 1. The van der Waals surface area contributed by atoms with Crippen molar-refractivity contribution in [2.75, 3.05) is 13.2 Å². The minimum atomic E-state index is -0.342. The van der Waals surface area contributed by atoms with Gasteiger partial charge in [0.25, 0.3) is 11.7 Å². The van der Waals surface area contributed by atoms with E-state index in [1.54, 1.807) is 4.52 Å². The van der Waals surface area contributed by atoms with Crippen LogP contribution in [0.25, 0.3) is 5.78 Å². The quantitative estimate of drug-likeness (QED) is 0.724. The fourth-order valence-electron chi connectivity index (χ4n) is 2.38. The highest BCUT2D eigenvalue weighted by molar-refractivity contribution is 5.90. The van der Waals surface area contributed by atoms with E-state index >= 15 is 0 Å². The monoisotopic (exact) mass is 325 g/mol. The Morgan fingerprint density at radius 3 is 2.83 bits per heavy atom. The van der Waals surface area contributed by atoms with Crippen LogP contribution in [0, 0.1) is 20.8 Å². The Balaban J connectivity index is 1.58. The Hall–Kier alpha value is -2.96. The second-order valence-corrected chi connectivity index (χ2v) is 5.61. The van der Waals surface area contributed by atoms with E-state index in [4.69, 9.17) is 4.74 Å². The summed E-state index contributed by atoms with van der Waals surface area (Å²) < 4.78 is 7.15. The lowest BCUT2D eigenvalue weighted by molar-refractivity contribution is 0.0937. The molecule has 0 atom stereocenters. The third-order valence-corrected chi connectivity index (χ3v) is 3.47. The van der Waals surface area contributed by atoms with Crippen LogP contribution in [0.3, 0.4) is 0 Å². The minimum absolute atomic E-state index is 0.103. The molecule has 0 saturated heterocycles. The summed E-state index contributed by atoms with van der Waals surface area (Å²) in [5.74, 6) is 0.969. The normalized spacial score (nSPS) is 10.8. The van der Waals surface area contributed by atoms with Crippen LogP contribution in [-0.2, 0) is 0 Å². The lowest BCUT2D eigenvalue weighted by atomic mass is 10.2. The van der Waals surface area contributed by atoms with Gasteiger partial charge in [-0.1, -0.05) is 12.1 Å². The summed E-state index contributed by atoms with van der Waals surface area (Å²) in [5, 5.41) is 6.94. The largest absolute Gasteiger partial charge is 0.492 e. The molecule has 3 rings (SSSR count). The molecule has 0 radical (unpaired) electrons. The number of ether oxygens (including phenoxy) is 1. The first-order chi connectivity index (χ1) is 11.5. The first-order valence-electron chi connectivity index (χ1n) is 7.71. The van der Waals surface area contributed by atoms with Gasteiger partial charge in [0.1, 0.15) is 12.4 Å². The van der Waals surface area contributed by atoms with Gasteiger partial charge in [-0.2, -0.15) is 4.98 Å². The molecule has 1 N–H and O–H groups in total. The number of hydrogen-bond donors (Lipinski definition) is 1. The second-order valence-electron chi connectivity index (χ2n) is 5.61. The molecule has 24 heavy (non-hydrogen) atoms. The molecule has 2 heterocycles. The number of aromatic nitrogens is 4. The zero-order chi connectivity index (χ0) is 17.1. The Kier molecular flexibility index (Phi) is 4.41. The molecule has 0 aliphatic carbocycles. The zero-order valence-electron chi connectivity index (χ0n) is 13.9. The molecule has 124 valence electrons. The smallest absolute Gasteiger partial charge is 0.291 e. The van der Waals surface area contributed by atoms with Crippen molar-refractivity contribution in [3.05, 3.63) is 53.1 Å². The van der Waals surface area contributed by atoms with Crippen LogP contribution in [0.5, 0.6) is 5.75 Å². The fourth-order valence-corrected chi connectivity index (χ4v) is 2.38. The van der Waals surface area contributed by atoms with Gasteiger partial charge < -0.3 is 10.1 Å². The SMILES string of the molecule is Cc1cccc(OCCNC(=O)c2nc3nc(C)cc(C)n3n2)c1. The lowest BCUT2D eigenvalue weighted by Crippen LogP contribution is -2.29. The van der Waals surface area contributed by atoms with E-state index in [1.807, 2.05) is 51.1 Å². The lowest BCUT2D eigenvalue weighted by Gasteiger charge is -2.07. The van der Waals surface area contributed by atoms with Crippen LogP contribution in [0.2, 0.25) is 0 Å². The van der Waals surface area contributed by atoms with Crippen molar-refractivity contribution < 1.29 is 9.53 Å². The topological polar surface area (TPSA) is 81.4 Å². The van der Waals surface area contributed by atoms with Crippen molar-refractivity contribution in [1.82, 2.24) is 24.9 Å². The Labute approximate surface area is 139 Å². The van der Waals surface area contributed by atoms with Gasteiger partial charge in [0, 0.05) is 11.4 Å². The summed E-state index contributed by atoms with van der Waals surface area (Å²) in [7, 11) is 0. The number of nitrogens with zero attached hydrogens (tertiary/aromatic N) is 4. The number of fused-ring (bicyclic) bond motifs is 1. The number of amides is 1. The number of carbonyl (C=O) groups excluding carboxylic acids is 1. The Morgan fingerprint density at radius 2 is 2.04 bits per heavy atom. The van der Waals surface area contributed by atoms with Gasteiger partial charge in [-0.25, -0.2) is 9.50 Å². The van der Waals surface area contributed by atoms with E-state index in [0.29, 0.717) is 18.9 Å². The molecular weight excluding hydrogens is 306 g/mol. The van der Waals surface area contributed by atoms with Gasteiger partial charge in [0.05, 0.1) is 6.54 Å². The van der Waals surface area contributed by atoms with E-state index in [2.05, 4.69) is 20.4 Å². The first-order valence-corrected chi connectivity index (χ1v) is 7.71. The fraction of sp³-hybridized carbons (Fsp3) is 0.294. The van der Waals surface area contributed by atoms with Crippen molar-refractivity contribution in [1.29, 1.82) is 0 Å². The summed E-state index contributed by atoms with van der Waals surface area (Å²) in [6.07, 6.45) is 0. The molecule has 0 bridgehead atoms. The molecule has 7 nitrogen and oxygen atoms in total. The molecule has 7 heteroatoms. The molecule has 0 spiro atoms. The maximum absolute atomic E-state index is 12.1. The standard InChI is InChI=1S/C17H19N5O2/c1-11-5-4-6-14(9-11)24-8-7-18-16(23)15-20-17-19-12(2)10-13(3)22(17)21-15/h4-6,9-10H,7-8H2,1-3H3,(H,18,23). The van der Waals surface area contributed by atoms with Crippen molar-refractivity contribution in [3.63, 3.8) is 0 Å². The van der Waals surface area contributed by atoms with Crippen LogP contribution < -0.4 is 10.1 Å². The number of carbonyl (C=O) groups is 1. The molecule has 3 aromatic rings. The predicted molar refractivity (Wildman–Crippen MR) is 89.3 cm³/mol. The molecule has 0 unspecified atom stereocenters. The van der Waals surface area contributed by atoms with E-state index in [-0.39, 0.29) is 11.7 Å². The predicted octanol–water partition coefficient (Wildman–Crippen LogP) is 1.86. The van der Waals surface area contributed by atoms with Gasteiger partial charge in [-0.05, 0) is 44.5 Å². The first kappa shape index (κ1) is 15.9. The van der Waals surface area contributed by atoms with Gasteiger partial charge in [-0.3, -0.25) is 4.79 Å².